The number of rotatable bonds is 6. The van der Waals surface area contributed by atoms with Crippen LogP contribution in [0.3, 0.4) is 0 Å². The monoisotopic (exact) mass is 291 g/mol. The molecule has 5 nitrogen and oxygen atoms in total. The minimum Gasteiger partial charge on any atom is -0.493 e. The zero-order chi connectivity index (χ0) is 15.2. The van der Waals surface area contributed by atoms with E-state index in [1.54, 1.807) is 0 Å². The first-order valence-corrected chi connectivity index (χ1v) is 7.27. The van der Waals surface area contributed by atoms with Crippen molar-refractivity contribution in [1.29, 1.82) is 0 Å². The lowest BCUT2D eigenvalue weighted by atomic mass is 10.1. The van der Waals surface area contributed by atoms with Crippen molar-refractivity contribution in [3.8, 4) is 5.75 Å². The fourth-order valence-electron chi connectivity index (χ4n) is 2.61. The third-order valence-electron chi connectivity index (χ3n) is 3.83. The van der Waals surface area contributed by atoms with Gasteiger partial charge in [0.1, 0.15) is 5.75 Å². The van der Waals surface area contributed by atoms with Gasteiger partial charge in [-0.2, -0.15) is 0 Å². The fraction of sp³-hybridized carbons (Fsp3) is 0.500. The molecule has 1 aliphatic rings. The lowest BCUT2D eigenvalue weighted by molar-refractivity contribution is -0.141. The molecule has 0 aliphatic heterocycles. The van der Waals surface area contributed by atoms with Crippen LogP contribution in [0.4, 0.5) is 0 Å². The van der Waals surface area contributed by atoms with Crippen molar-refractivity contribution in [3.05, 3.63) is 29.8 Å². The molecule has 1 aromatic rings. The summed E-state index contributed by atoms with van der Waals surface area (Å²) in [5.41, 5.74) is 1.04. The van der Waals surface area contributed by atoms with Gasteiger partial charge in [0, 0.05) is 6.04 Å². The second-order valence-corrected chi connectivity index (χ2v) is 5.48. The van der Waals surface area contributed by atoms with Gasteiger partial charge in [-0.1, -0.05) is 18.2 Å². The molecular weight excluding hydrogens is 270 g/mol. The van der Waals surface area contributed by atoms with Gasteiger partial charge in [0.15, 0.2) is 0 Å². The molecule has 2 N–H and O–H groups in total. The molecule has 114 valence electrons. The van der Waals surface area contributed by atoms with Crippen LogP contribution in [0.15, 0.2) is 24.3 Å². The second kappa shape index (κ2) is 7.11. The maximum absolute atomic E-state index is 11.8. The maximum atomic E-state index is 11.8. The number of nitrogens with one attached hydrogen (secondary N) is 1. The van der Waals surface area contributed by atoms with Crippen LogP contribution in [0.5, 0.6) is 5.75 Å². The third kappa shape index (κ3) is 4.48. The molecule has 1 aromatic carbocycles. The van der Waals surface area contributed by atoms with Gasteiger partial charge < -0.3 is 15.2 Å². The summed E-state index contributed by atoms with van der Waals surface area (Å²) in [6.07, 6.45) is 2.18. The van der Waals surface area contributed by atoms with Gasteiger partial charge in [0.05, 0.1) is 18.9 Å². The number of carbonyl (C=O) groups is 2. The summed E-state index contributed by atoms with van der Waals surface area (Å²) in [6.45, 7) is 2.28. The molecule has 2 unspecified atom stereocenters. The number of hydrogen-bond acceptors (Lipinski definition) is 3. The number of amides is 1. The first kappa shape index (κ1) is 15.4. The Morgan fingerprint density at radius 2 is 2.10 bits per heavy atom. The molecule has 1 amide bonds. The summed E-state index contributed by atoms with van der Waals surface area (Å²) >= 11 is 0. The molecule has 1 aliphatic carbocycles. The normalized spacial score (nSPS) is 21.0. The predicted octanol–water partition coefficient (Wildman–Crippen LogP) is 2.13. The van der Waals surface area contributed by atoms with Gasteiger partial charge in [0.2, 0.25) is 5.91 Å². The van der Waals surface area contributed by atoms with Crippen LogP contribution in [0, 0.1) is 12.8 Å². The molecule has 2 rings (SSSR count). The number of para-hydroxylation sites is 1. The average Bonchev–Trinajstić information content (AvgIpc) is 2.89. The average molecular weight is 291 g/mol. The van der Waals surface area contributed by atoms with E-state index >= 15 is 0 Å². The number of carboxylic acids is 1. The van der Waals surface area contributed by atoms with E-state index in [2.05, 4.69) is 5.32 Å². The van der Waals surface area contributed by atoms with E-state index < -0.39 is 5.97 Å². The number of aryl methyl sites for hydroxylation is 1. The molecule has 0 aromatic heterocycles. The molecule has 0 radical (unpaired) electrons. The van der Waals surface area contributed by atoms with E-state index in [4.69, 9.17) is 9.84 Å². The van der Waals surface area contributed by atoms with Gasteiger partial charge in [-0.25, -0.2) is 0 Å². The van der Waals surface area contributed by atoms with Crippen LogP contribution in [0.1, 0.15) is 31.2 Å². The van der Waals surface area contributed by atoms with Crippen LogP contribution in [0.25, 0.3) is 0 Å². The highest BCUT2D eigenvalue weighted by Crippen LogP contribution is 2.25. The molecule has 1 saturated carbocycles. The smallest absolute Gasteiger partial charge is 0.306 e. The lowest BCUT2D eigenvalue weighted by Gasteiger charge is -2.13. The summed E-state index contributed by atoms with van der Waals surface area (Å²) in [7, 11) is 0. The number of benzene rings is 1. The summed E-state index contributed by atoms with van der Waals surface area (Å²) in [5.74, 6) is -0.384. The zero-order valence-electron chi connectivity index (χ0n) is 12.2. The summed E-state index contributed by atoms with van der Waals surface area (Å²) in [4.78, 5) is 22.7. The number of carboxylic acid groups (broad SMARTS) is 1. The Hall–Kier alpha value is -2.04. The SMILES string of the molecule is Cc1ccccc1OCCC(=O)NC1CCC(C(=O)O)C1. The van der Waals surface area contributed by atoms with E-state index in [-0.39, 0.29) is 24.3 Å². The Kier molecular flexibility index (Phi) is 5.20. The van der Waals surface area contributed by atoms with Crippen LogP contribution in [-0.4, -0.2) is 29.6 Å². The van der Waals surface area contributed by atoms with Crippen LogP contribution in [0.2, 0.25) is 0 Å². The van der Waals surface area contributed by atoms with E-state index in [1.165, 1.54) is 0 Å². The maximum Gasteiger partial charge on any atom is 0.306 e. The van der Waals surface area contributed by atoms with Crippen LogP contribution in [-0.2, 0) is 9.59 Å². The van der Waals surface area contributed by atoms with Gasteiger partial charge in [-0.15, -0.1) is 0 Å². The highest BCUT2D eigenvalue weighted by molar-refractivity contribution is 5.77. The molecule has 21 heavy (non-hydrogen) atoms. The number of aliphatic carboxylic acids is 1. The Bertz CT molecular complexity index is 515. The quantitative estimate of drug-likeness (QED) is 0.842. The standard InChI is InChI=1S/C16H21NO4/c1-11-4-2-3-5-14(11)21-9-8-15(18)17-13-7-6-12(10-13)16(19)20/h2-5,12-13H,6-10H2,1H3,(H,17,18)(H,19,20). The Morgan fingerprint density at radius 3 is 2.76 bits per heavy atom. The minimum atomic E-state index is -0.769. The van der Waals surface area contributed by atoms with Gasteiger partial charge in [-0.3, -0.25) is 9.59 Å². The molecule has 1 fully saturated rings. The Labute approximate surface area is 124 Å². The van der Waals surface area contributed by atoms with Crippen molar-refractivity contribution in [3.63, 3.8) is 0 Å². The summed E-state index contributed by atoms with van der Waals surface area (Å²) < 4.78 is 5.58. The molecule has 0 spiro atoms. The van der Waals surface area contributed by atoms with Crippen LogP contribution >= 0.6 is 0 Å². The van der Waals surface area contributed by atoms with E-state index in [9.17, 15) is 9.59 Å². The third-order valence-corrected chi connectivity index (χ3v) is 3.83. The largest absolute Gasteiger partial charge is 0.493 e. The molecule has 0 saturated heterocycles. The first-order chi connectivity index (χ1) is 10.1. The fourth-order valence-corrected chi connectivity index (χ4v) is 2.61. The molecular formula is C16H21NO4. The van der Waals surface area contributed by atoms with Crippen molar-refractivity contribution in [2.75, 3.05) is 6.61 Å². The summed E-state index contributed by atoms with van der Waals surface area (Å²) in [6, 6.07) is 7.65. The van der Waals surface area contributed by atoms with Crippen molar-refractivity contribution in [2.24, 2.45) is 5.92 Å². The van der Waals surface area contributed by atoms with Gasteiger partial charge >= 0.3 is 5.97 Å². The topological polar surface area (TPSA) is 75.6 Å². The van der Waals surface area contributed by atoms with Gasteiger partial charge in [0.25, 0.3) is 0 Å². The van der Waals surface area contributed by atoms with Crippen LogP contribution < -0.4 is 10.1 Å². The van der Waals surface area contributed by atoms with E-state index in [0.29, 0.717) is 19.4 Å². The minimum absolute atomic E-state index is 0.0166. The highest BCUT2D eigenvalue weighted by Gasteiger charge is 2.30. The lowest BCUT2D eigenvalue weighted by Crippen LogP contribution is -2.34. The number of hydrogen-bond donors (Lipinski definition) is 2. The predicted molar refractivity (Wildman–Crippen MR) is 78.2 cm³/mol. The van der Waals surface area contributed by atoms with Crippen molar-refractivity contribution >= 4 is 11.9 Å². The Balaban J connectivity index is 1.69. The second-order valence-electron chi connectivity index (χ2n) is 5.48. The number of ether oxygens (including phenoxy) is 1. The molecule has 2 atom stereocenters. The Morgan fingerprint density at radius 1 is 1.33 bits per heavy atom. The van der Waals surface area contributed by atoms with E-state index in [1.807, 2.05) is 31.2 Å². The van der Waals surface area contributed by atoms with E-state index in [0.717, 1.165) is 17.7 Å². The highest BCUT2D eigenvalue weighted by atomic mass is 16.5. The number of carbonyl (C=O) groups excluding carboxylic acids is 1. The molecule has 5 heteroatoms. The van der Waals surface area contributed by atoms with Crippen molar-refractivity contribution in [1.82, 2.24) is 5.32 Å². The first-order valence-electron chi connectivity index (χ1n) is 7.27. The van der Waals surface area contributed by atoms with Crippen molar-refractivity contribution < 1.29 is 19.4 Å². The summed E-state index contributed by atoms with van der Waals surface area (Å²) in [5, 5.41) is 11.8. The molecule has 0 heterocycles. The zero-order valence-corrected chi connectivity index (χ0v) is 12.2. The van der Waals surface area contributed by atoms with Crippen molar-refractivity contribution in [2.45, 2.75) is 38.6 Å². The molecule has 0 bridgehead atoms. The van der Waals surface area contributed by atoms with Gasteiger partial charge in [-0.05, 0) is 37.8 Å².